The second kappa shape index (κ2) is 9.74. The van der Waals surface area contributed by atoms with Gasteiger partial charge in [0.25, 0.3) is 11.8 Å². The second-order valence-electron chi connectivity index (χ2n) is 8.02. The number of carbonyl (C=O) groups is 2. The molecule has 0 bridgehead atoms. The van der Waals surface area contributed by atoms with Crippen LogP contribution < -0.4 is 16.4 Å². The zero-order valence-electron chi connectivity index (χ0n) is 18.2. The number of aromatic nitrogens is 3. The number of nitrogens with one attached hydrogen (secondary N) is 2. The van der Waals surface area contributed by atoms with E-state index in [2.05, 4.69) is 30.6 Å². The van der Waals surface area contributed by atoms with E-state index < -0.39 is 17.9 Å². The third kappa shape index (κ3) is 5.32. The largest absolute Gasteiger partial charge is 0.393 e. The van der Waals surface area contributed by atoms with E-state index >= 15 is 0 Å². The Morgan fingerprint density at radius 2 is 2.00 bits per heavy atom. The SMILES string of the molecule is CN=CC(NC(=O)c1nc(C2CC2)ccc1Nc1cncnc1)=C(N)C(=O)N1CCC(O)C1. The van der Waals surface area contributed by atoms with Crippen molar-refractivity contribution in [1.82, 2.24) is 25.2 Å². The molecule has 11 heteroatoms. The molecule has 2 amide bonds. The lowest BCUT2D eigenvalue weighted by molar-refractivity contribution is -0.126. The Balaban J connectivity index is 1.62. The summed E-state index contributed by atoms with van der Waals surface area (Å²) in [4.78, 5) is 43.9. The lowest BCUT2D eigenvalue weighted by atomic mass is 10.2. The summed E-state index contributed by atoms with van der Waals surface area (Å²) >= 11 is 0. The van der Waals surface area contributed by atoms with E-state index in [9.17, 15) is 14.7 Å². The Hall–Kier alpha value is -3.86. The second-order valence-corrected chi connectivity index (χ2v) is 8.02. The van der Waals surface area contributed by atoms with Crippen molar-refractivity contribution in [3.8, 4) is 0 Å². The molecule has 2 fully saturated rings. The molecule has 0 radical (unpaired) electrons. The van der Waals surface area contributed by atoms with E-state index in [1.807, 2.05) is 6.07 Å². The van der Waals surface area contributed by atoms with Crippen molar-refractivity contribution in [3.63, 3.8) is 0 Å². The average molecular weight is 451 g/mol. The van der Waals surface area contributed by atoms with Crippen LogP contribution in [0.5, 0.6) is 0 Å². The fourth-order valence-corrected chi connectivity index (χ4v) is 3.57. The number of amides is 2. The number of hydrogen-bond donors (Lipinski definition) is 4. The third-order valence-corrected chi connectivity index (χ3v) is 5.44. The molecule has 1 aliphatic heterocycles. The minimum absolute atomic E-state index is 0.0708. The summed E-state index contributed by atoms with van der Waals surface area (Å²) in [5.41, 5.74) is 8.06. The zero-order chi connectivity index (χ0) is 23.4. The van der Waals surface area contributed by atoms with Crippen LogP contribution in [0, 0.1) is 0 Å². The van der Waals surface area contributed by atoms with E-state index in [1.54, 1.807) is 18.5 Å². The average Bonchev–Trinajstić information content (AvgIpc) is 3.58. The number of anilines is 2. The summed E-state index contributed by atoms with van der Waals surface area (Å²) in [5.74, 6) is -0.670. The van der Waals surface area contributed by atoms with Crippen LogP contribution in [0.25, 0.3) is 0 Å². The van der Waals surface area contributed by atoms with Crippen molar-refractivity contribution < 1.29 is 14.7 Å². The molecule has 1 saturated heterocycles. The Morgan fingerprint density at radius 1 is 1.24 bits per heavy atom. The first-order valence-electron chi connectivity index (χ1n) is 10.7. The molecule has 172 valence electrons. The number of aliphatic hydroxyl groups excluding tert-OH is 1. The molecule has 4 rings (SSSR count). The summed E-state index contributed by atoms with van der Waals surface area (Å²) in [5, 5.41) is 15.5. The van der Waals surface area contributed by atoms with E-state index in [4.69, 9.17) is 5.73 Å². The molecule has 5 N–H and O–H groups in total. The Kier molecular flexibility index (Phi) is 6.59. The van der Waals surface area contributed by atoms with Crippen LogP contribution in [0.4, 0.5) is 11.4 Å². The van der Waals surface area contributed by atoms with Crippen LogP contribution in [0.2, 0.25) is 0 Å². The van der Waals surface area contributed by atoms with E-state index in [0.29, 0.717) is 30.3 Å². The van der Waals surface area contributed by atoms with Gasteiger partial charge in [-0.1, -0.05) is 0 Å². The number of allylic oxidation sites excluding steroid dienone is 1. The minimum Gasteiger partial charge on any atom is -0.393 e. The monoisotopic (exact) mass is 450 g/mol. The van der Waals surface area contributed by atoms with E-state index in [1.165, 1.54) is 24.5 Å². The maximum Gasteiger partial charge on any atom is 0.276 e. The summed E-state index contributed by atoms with van der Waals surface area (Å²) in [6.07, 6.45) is 7.87. The van der Waals surface area contributed by atoms with Crippen LogP contribution in [-0.2, 0) is 4.79 Å². The lowest BCUT2D eigenvalue weighted by Gasteiger charge is -2.18. The van der Waals surface area contributed by atoms with Crippen molar-refractivity contribution in [1.29, 1.82) is 0 Å². The van der Waals surface area contributed by atoms with Gasteiger partial charge < -0.3 is 26.4 Å². The highest BCUT2D eigenvalue weighted by Crippen LogP contribution is 2.39. The molecular weight excluding hydrogens is 424 g/mol. The van der Waals surface area contributed by atoms with Crippen LogP contribution >= 0.6 is 0 Å². The highest BCUT2D eigenvalue weighted by molar-refractivity contribution is 6.05. The molecule has 1 aliphatic carbocycles. The summed E-state index contributed by atoms with van der Waals surface area (Å²) in [7, 11) is 1.51. The van der Waals surface area contributed by atoms with Gasteiger partial charge in [-0.25, -0.2) is 15.0 Å². The number of nitrogens with zero attached hydrogens (tertiary/aromatic N) is 5. The van der Waals surface area contributed by atoms with Gasteiger partial charge in [-0.05, 0) is 31.4 Å². The van der Waals surface area contributed by atoms with Crippen molar-refractivity contribution in [3.05, 3.63) is 53.6 Å². The van der Waals surface area contributed by atoms with E-state index in [0.717, 1.165) is 18.5 Å². The Labute approximate surface area is 190 Å². The molecule has 1 atom stereocenters. The van der Waals surface area contributed by atoms with Crippen LogP contribution in [0.15, 0.2) is 47.2 Å². The number of hydrogen-bond acceptors (Lipinski definition) is 9. The van der Waals surface area contributed by atoms with E-state index in [-0.39, 0.29) is 23.6 Å². The first-order valence-corrected chi connectivity index (χ1v) is 10.7. The predicted molar refractivity (Wildman–Crippen MR) is 122 cm³/mol. The van der Waals surface area contributed by atoms with Gasteiger partial charge in [0.2, 0.25) is 0 Å². The molecule has 2 aromatic rings. The van der Waals surface area contributed by atoms with Gasteiger partial charge in [-0.3, -0.25) is 14.6 Å². The fourth-order valence-electron chi connectivity index (χ4n) is 3.57. The maximum absolute atomic E-state index is 13.3. The molecule has 0 aromatic carbocycles. The first-order chi connectivity index (χ1) is 16.0. The van der Waals surface area contributed by atoms with Gasteiger partial charge in [0.05, 0.1) is 35.6 Å². The number of β-amino-alcohol motifs (C(OH)–C–C–N with tert-alkyl or cyclic N) is 1. The molecule has 33 heavy (non-hydrogen) atoms. The highest BCUT2D eigenvalue weighted by atomic mass is 16.3. The van der Waals surface area contributed by atoms with Gasteiger partial charge in [0, 0.05) is 38.0 Å². The molecule has 2 aromatic heterocycles. The first kappa shape index (κ1) is 22.3. The van der Waals surface area contributed by atoms with Crippen LogP contribution in [-0.4, -0.2) is 69.2 Å². The number of aliphatic hydroxyl groups is 1. The van der Waals surface area contributed by atoms with Gasteiger partial charge in [0.15, 0.2) is 5.69 Å². The van der Waals surface area contributed by atoms with Crippen molar-refractivity contribution in [2.75, 3.05) is 25.5 Å². The molecule has 1 unspecified atom stereocenters. The quantitative estimate of drug-likeness (QED) is 0.354. The molecular formula is C22H26N8O3. The van der Waals surface area contributed by atoms with Gasteiger partial charge in [0.1, 0.15) is 12.0 Å². The van der Waals surface area contributed by atoms with Crippen molar-refractivity contribution in [2.45, 2.75) is 31.3 Å². The lowest BCUT2D eigenvalue weighted by Crippen LogP contribution is -2.37. The number of nitrogens with two attached hydrogens (primary N) is 1. The van der Waals surface area contributed by atoms with Crippen molar-refractivity contribution >= 4 is 29.4 Å². The minimum atomic E-state index is -0.579. The van der Waals surface area contributed by atoms with Gasteiger partial charge >= 0.3 is 0 Å². The Morgan fingerprint density at radius 3 is 2.64 bits per heavy atom. The van der Waals surface area contributed by atoms with Gasteiger partial charge in [-0.15, -0.1) is 0 Å². The Bertz CT molecular complexity index is 1100. The number of carbonyl (C=O) groups excluding carboxylic acids is 2. The zero-order valence-corrected chi connectivity index (χ0v) is 18.2. The smallest absolute Gasteiger partial charge is 0.276 e. The predicted octanol–water partition coefficient (Wildman–Crippen LogP) is 0.686. The normalized spacial score (nSPS) is 18.8. The summed E-state index contributed by atoms with van der Waals surface area (Å²) in [6, 6.07) is 3.68. The van der Waals surface area contributed by atoms with Crippen LogP contribution in [0.3, 0.4) is 0 Å². The van der Waals surface area contributed by atoms with Crippen molar-refractivity contribution in [2.24, 2.45) is 10.7 Å². The molecule has 2 aliphatic rings. The number of likely N-dealkylation sites (tertiary alicyclic amines) is 1. The highest BCUT2D eigenvalue weighted by Gasteiger charge is 2.29. The summed E-state index contributed by atoms with van der Waals surface area (Å²) in [6.45, 7) is 0.589. The van der Waals surface area contributed by atoms with Gasteiger partial charge in [-0.2, -0.15) is 0 Å². The maximum atomic E-state index is 13.3. The number of aliphatic imine (C=N–C) groups is 1. The standard InChI is InChI=1S/C22H26N8O3/c1-24-10-18(19(23)22(33)30-7-6-15(31)11-30)29-21(32)20-17(27-14-8-25-12-26-9-14)5-4-16(28-20)13-2-3-13/h4-5,8-10,12-13,15,27,31H,2-3,6-7,11,23H2,1H3,(H,29,32). The molecule has 0 spiro atoms. The fraction of sp³-hybridized carbons (Fsp3) is 0.364. The number of rotatable bonds is 7. The molecule has 3 heterocycles. The van der Waals surface area contributed by atoms with Crippen LogP contribution in [0.1, 0.15) is 41.4 Å². The topological polar surface area (TPSA) is 159 Å². The third-order valence-electron chi connectivity index (χ3n) is 5.44. The molecule has 1 saturated carbocycles. The molecule has 11 nitrogen and oxygen atoms in total. The summed E-state index contributed by atoms with van der Waals surface area (Å²) < 4.78 is 0. The number of pyridine rings is 1.